The largest absolute Gasteiger partial charge is 0.310 e. The van der Waals surface area contributed by atoms with Gasteiger partial charge in [-0.1, -0.05) is 0 Å². The summed E-state index contributed by atoms with van der Waals surface area (Å²) in [7, 11) is 0. The standard InChI is InChI=1S/C10H9IN2O/c11-7-3-4-12-9-8(7)5-1-2-6(5)10(14)13-9/h3-6H,1-2H2,(H,12,13,14)/t5-,6?/m1/s1. The van der Waals surface area contributed by atoms with Gasteiger partial charge in [0.1, 0.15) is 5.82 Å². The predicted octanol–water partition coefficient (Wildman–Crippen LogP) is 2.13. The lowest BCUT2D eigenvalue weighted by molar-refractivity contribution is -0.123. The highest BCUT2D eigenvalue weighted by molar-refractivity contribution is 14.1. The molecule has 0 bridgehead atoms. The molecule has 4 heteroatoms. The molecule has 3 rings (SSSR count). The molecule has 1 aliphatic heterocycles. The van der Waals surface area contributed by atoms with Crippen LogP contribution in [0, 0.1) is 9.49 Å². The monoisotopic (exact) mass is 300 g/mol. The molecule has 0 saturated heterocycles. The lowest BCUT2D eigenvalue weighted by Crippen LogP contribution is -2.40. The van der Waals surface area contributed by atoms with Crippen molar-refractivity contribution in [3.8, 4) is 0 Å². The second kappa shape index (κ2) is 2.92. The van der Waals surface area contributed by atoms with Crippen molar-refractivity contribution in [3.63, 3.8) is 0 Å². The van der Waals surface area contributed by atoms with E-state index in [4.69, 9.17) is 0 Å². The number of carbonyl (C=O) groups excluding carboxylic acids is 1. The van der Waals surface area contributed by atoms with Crippen LogP contribution in [-0.2, 0) is 4.79 Å². The van der Waals surface area contributed by atoms with Crippen LogP contribution in [0.5, 0.6) is 0 Å². The molecule has 3 nitrogen and oxygen atoms in total. The molecule has 1 aromatic heterocycles. The first-order valence-corrected chi connectivity index (χ1v) is 5.80. The van der Waals surface area contributed by atoms with Crippen LogP contribution in [0.4, 0.5) is 5.82 Å². The molecular weight excluding hydrogens is 291 g/mol. The zero-order valence-corrected chi connectivity index (χ0v) is 9.61. The Hall–Kier alpha value is -0.650. The number of aromatic nitrogens is 1. The summed E-state index contributed by atoms with van der Waals surface area (Å²) < 4.78 is 1.22. The van der Waals surface area contributed by atoms with Crippen molar-refractivity contribution in [2.75, 3.05) is 5.32 Å². The third-order valence-electron chi connectivity index (χ3n) is 3.16. The maximum atomic E-state index is 11.6. The van der Waals surface area contributed by atoms with Crippen LogP contribution >= 0.6 is 22.6 Å². The maximum absolute atomic E-state index is 11.6. The first-order valence-electron chi connectivity index (χ1n) is 4.72. The Labute approximate surface area is 95.4 Å². The van der Waals surface area contributed by atoms with E-state index in [1.807, 2.05) is 6.07 Å². The molecule has 72 valence electrons. The van der Waals surface area contributed by atoms with E-state index in [9.17, 15) is 4.79 Å². The highest BCUT2D eigenvalue weighted by Crippen LogP contribution is 2.49. The zero-order valence-electron chi connectivity index (χ0n) is 7.46. The Morgan fingerprint density at radius 3 is 2.93 bits per heavy atom. The summed E-state index contributed by atoms with van der Waals surface area (Å²) in [5, 5.41) is 2.88. The molecule has 0 spiro atoms. The lowest BCUT2D eigenvalue weighted by Gasteiger charge is -2.40. The topological polar surface area (TPSA) is 42.0 Å². The van der Waals surface area contributed by atoms with E-state index >= 15 is 0 Å². The number of fused-ring (bicyclic) bond motifs is 3. The summed E-state index contributed by atoms with van der Waals surface area (Å²) in [4.78, 5) is 15.8. The normalized spacial score (nSPS) is 28.5. The van der Waals surface area contributed by atoms with E-state index < -0.39 is 0 Å². The number of amides is 1. The van der Waals surface area contributed by atoms with Crippen LogP contribution < -0.4 is 5.32 Å². The quantitative estimate of drug-likeness (QED) is 0.746. The van der Waals surface area contributed by atoms with E-state index in [2.05, 4.69) is 32.9 Å². The number of pyridine rings is 1. The van der Waals surface area contributed by atoms with Crippen LogP contribution in [0.1, 0.15) is 24.3 Å². The molecule has 1 saturated carbocycles. The smallest absolute Gasteiger partial charge is 0.229 e. The first kappa shape index (κ1) is 8.64. The fourth-order valence-corrected chi connectivity index (χ4v) is 3.09. The van der Waals surface area contributed by atoms with Crippen LogP contribution in [0.2, 0.25) is 0 Å². The number of nitrogens with zero attached hydrogens (tertiary/aromatic N) is 1. The van der Waals surface area contributed by atoms with Crippen LogP contribution in [0.15, 0.2) is 12.3 Å². The summed E-state index contributed by atoms with van der Waals surface area (Å²) in [6.07, 6.45) is 3.91. The number of carbonyl (C=O) groups is 1. The molecule has 1 fully saturated rings. The average Bonchev–Trinajstić information content (AvgIpc) is 2.07. The van der Waals surface area contributed by atoms with Crippen LogP contribution in [0.3, 0.4) is 0 Å². The van der Waals surface area contributed by atoms with Gasteiger partial charge in [0.25, 0.3) is 0 Å². The second-order valence-electron chi connectivity index (χ2n) is 3.83. The van der Waals surface area contributed by atoms with Gasteiger partial charge in [0.2, 0.25) is 5.91 Å². The number of halogens is 1. The van der Waals surface area contributed by atoms with Gasteiger partial charge in [0.05, 0.1) is 0 Å². The number of hydrogen-bond acceptors (Lipinski definition) is 2. The van der Waals surface area contributed by atoms with Gasteiger partial charge in [0, 0.05) is 27.2 Å². The Morgan fingerprint density at radius 2 is 2.21 bits per heavy atom. The molecule has 1 amide bonds. The summed E-state index contributed by atoms with van der Waals surface area (Å²) >= 11 is 2.32. The Balaban J connectivity index is 2.16. The predicted molar refractivity (Wildman–Crippen MR) is 61.0 cm³/mol. The van der Waals surface area contributed by atoms with E-state index in [1.165, 1.54) is 9.13 Å². The Morgan fingerprint density at radius 1 is 1.43 bits per heavy atom. The Bertz CT molecular complexity index is 419. The van der Waals surface area contributed by atoms with Crippen molar-refractivity contribution in [2.24, 2.45) is 5.92 Å². The van der Waals surface area contributed by atoms with E-state index in [-0.39, 0.29) is 11.8 Å². The molecule has 1 aliphatic carbocycles. The summed E-state index contributed by atoms with van der Waals surface area (Å²) in [6.45, 7) is 0. The fraction of sp³-hybridized carbons (Fsp3) is 0.400. The highest BCUT2D eigenvalue weighted by atomic mass is 127. The van der Waals surface area contributed by atoms with E-state index in [0.717, 1.165) is 18.7 Å². The van der Waals surface area contributed by atoms with Gasteiger partial charge in [-0.05, 0) is 41.5 Å². The molecule has 2 atom stereocenters. The fourth-order valence-electron chi connectivity index (χ4n) is 2.27. The third-order valence-corrected chi connectivity index (χ3v) is 4.10. The molecule has 1 aromatic rings. The van der Waals surface area contributed by atoms with E-state index in [1.54, 1.807) is 6.20 Å². The Kier molecular flexibility index (Phi) is 1.80. The van der Waals surface area contributed by atoms with Crippen molar-refractivity contribution in [2.45, 2.75) is 18.8 Å². The summed E-state index contributed by atoms with van der Waals surface area (Å²) in [5.41, 5.74) is 1.25. The number of anilines is 1. The molecular formula is C10H9IN2O. The van der Waals surface area contributed by atoms with Gasteiger partial charge in [-0.25, -0.2) is 4.98 Å². The minimum atomic E-state index is 0.156. The van der Waals surface area contributed by atoms with Gasteiger partial charge in [-0.3, -0.25) is 4.79 Å². The molecule has 14 heavy (non-hydrogen) atoms. The average molecular weight is 300 g/mol. The number of nitrogens with one attached hydrogen (secondary N) is 1. The zero-order chi connectivity index (χ0) is 9.71. The highest BCUT2D eigenvalue weighted by Gasteiger charge is 2.43. The second-order valence-corrected chi connectivity index (χ2v) is 5.00. The van der Waals surface area contributed by atoms with Crippen molar-refractivity contribution in [1.82, 2.24) is 4.98 Å². The maximum Gasteiger partial charge on any atom is 0.229 e. The lowest BCUT2D eigenvalue weighted by atomic mass is 9.68. The van der Waals surface area contributed by atoms with Crippen LogP contribution in [0.25, 0.3) is 0 Å². The number of rotatable bonds is 0. The third kappa shape index (κ3) is 1.03. The molecule has 2 aliphatic rings. The van der Waals surface area contributed by atoms with Gasteiger partial charge in [-0.15, -0.1) is 0 Å². The van der Waals surface area contributed by atoms with Gasteiger partial charge in [-0.2, -0.15) is 0 Å². The molecule has 1 unspecified atom stereocenters. The summed E-state index contributed by atoms with van der Waals surface area (Å²) in [5.74, 6) is 1.57. The summed E-state index contributed by atoms with van der Waals surface area (Å²) in [6, 6.07) is 2.01. The van der Waals surface area contributed by atoms with Crippen molar-refractivity contribution >= 4 is 34.3 Å². The van der Waals surface area contributed by atoms with Gasteiger partial charge < -0.3 is 5.32 Å². The molecule has 0 radical (unpaired) electrons. The molecule has 0 aromatic carbocycles. The SMILES string of the molecule is O=C1Nc2nccc(I)c2[C@@H]2CCC12. The van der Waals surface area contributed by atoms with Crippen molar-refractivity contribution < 1.29 is 4.79 Å². The number of hydrogen-bond donors (Lipinski definition) is 1. The van der Waals surface area contributed by atoms with Crippen LogP contribution in [-0.4, -0.2) is 10.9 Å². The van der Waals surface area contributed by atoms with Crippen molar-refractivity contribution in [3.05, 3.63) is 21.4 Å². The van der Waals surface area contributed by atoms with Gasteiger partial charge in [0.15, 0.2) is 0 Å². The van der Waals surface area contributed by atoms with E-state index in [0.29, 0.717) is 5.92 Å². The first-order chi connectivity index (χ1) is 6.77. The van der Waals surface area contributed by atoms with Crippen molar-refractivity contribution in [1.29, 1.82) is 0 Å². The minimum absolute atomic E-state index is 0.156. The minimum Gasteiger partial charge on any atom is -0.310 e. The molecule has 2 heterocycles. The van der Waals surface area contributed by atoms with Gasteiger partial charge >= 0.3 is 0 Å². The molecule has 1 N–H and O–H groups in total.